The molecule has 2 N–H and O–H groups in total. The van der Waals surface area contributed by atoms with Crippen molar-refractivity contribution < 1.29 is 0 Å². The molecule has 0 aliphatic heterocycles. The second-order valence-corrected chi connectivity index (χ2v) is 19.5. The third kappa shape index (κ3) is 6.57. The molecule has 3 heterocycles. The molecule has 0 atom stereocenters. The maximum absolute atomic E-state index is 7.65. The molecule has 9 aromatic rings. The predicted molar refractivity (Wildman–Crippen MR) is 257 cm³/mol. The fourth-order valence-electron chi connectivity index (χ4n) is 8.85. The zero-order valence-corrected chi connectivity index (χ0v) is 36.6. The van der Waals surface area contributed by atoms with Gasteiger partial charge >= 0.3 is 0 Å². The van der Waals surface area contributed by atoms with Crippen LogP contribution in [0.25, 0.3) is 83.7 Å². The average molecular weight is 786 g/mol. The van der Waals surface area contributed by atoms with Gasteiger partial charge < -0.3 is 15.0 Å². The highest BCUT2D eigenvalue weighted by Crippen LogP contribution is 2.42. The largest absolute Gasteiger partial charge is 0.354 e. The Morgan fingerprint density at radius 2 is 1.23 bits per heavy atom. The van der Waals surface area contributed by atoms with Crippen LogP contribution in [0.5, 0.6) is 0 Å². The fraction of sp³-hybridized carbons (Fsp3) is 0.236. The lowest BCUT2D eigenvalue weighted by Gasteiger charge is -2.22. The molecule has 5 heteroatoms. The number of aromatic amines is 1. The first-order chi connectivity index (χ1) is 28.5. The molecule has 300 valence electrons. The zero-order chi connectivity index (χ0) is 42.3. The van der Waals surface area contributed by atoms with E-state index in [-0.39, 0.29) is 16.2 Å². The predicted octanol–water partition coefficient (Wildman–Crippen LogP) is 14.8. The molecule has 0 aliphatic rings. The normalized spacial score (nSPS) is 12.8. The van der Waals surface area contributed by atoms with Gasteiger partial charge in [0.2, 0.25) is 0 Å². The van der Waals surface area contributed by atoms with E-state index in [1.807, 2.05) is 6.08 Å². The van der Waals surface area contributed by atoms with Gasteiger partial charge in [-0.1, -0.05) is 129 Å². The first kappa shape index (κ1) is 39.0. The standard InChI is InChI=1S/C55H55N5/c1-34-41(20-15-29-56)43-18-11-12-21-48(43)59(34)40-17-13-16-35(30-40)42-19-14-22-49-51(42)58-52(60(49)39-26-23-36(24-27-39)53(2,3)4)46-33-38(55(8,9)10)32-45-44-31-37(54(5,6)7)25-28-47(44)57-50(45)46/h11-33,56-57H,1-10H3/b20-15-,56-29?. The van der Waals surface area contributed by atoms with Crippen molar-refractivity contribution in [1.29, 1.82) is 5.41 Å². The lowest BCUT2D eigenvalue weighted by molar-refractivity contribution is 0.590. The van der Waals surface area contributed by atoms with E-state index >= 15 is 0 Å². The Kier molecular flexibility index (Phi) is 9.16. The summed E-state index contributed by atoms with van der Waals surface area (Å²) in [6.07, 6.45) is 5.17. The first-order valence-electron chi connectivity index (χ1n) is 21.1. The van der Waals surface area contributed by atoms with Crippen molar-refractivity contribution in [2.45, 2.75) is 85.5 Å². The number of benzene rings is 6. The summed E-state index contributed by atoms with van der Waals surface area (Å²) < 4.78 is 4.70. The molecule has 60 heavy (non-hydrogen) atoms. The van der Waals surface area contributed by atoms with Crippen LogP contribution < -0.4 is 0 Å². The maximum atomic E-state index is 7.65. The lowest BCUT2D eigenvalue weighted by Crippen LogP contribution is -2.12. The molecule has 0 bridgehead atoms. The van der Waals surface area contributed by atoms with Gasteiger partial charge in [-0.25, -0.2) is 4.98 Å². The van der Waals surface area contributed by atoms with Gasteiger partial charge in [-0.3, -0.25) is 4.57 Å². The van der Waals surface area contributed by atoms with E-state index in [9.17, 15) is 0 Å². The van der Waals surface area contributed by atoms with Crippen molar-refractivity contribution in [3.05, 3.63) is 155 Å². The van der Waals surface area contributed by atoms with E-state index in [0.29, 0.717) is 0 Å². The van der Waals surface area contributed by atoms with Crippen LogP contribution in [-0.2, 0) is 16.2 Å². The Hall–Kier alpha value is -6.46. The molecule has 0 saturated heterocycles. The third-order valence-corrected chi connectivity index (χ3v) is 12.3. The quantitative estimate of drug-likeness (QED) is 0.162. The molecule has 6 aromatic carbocycles. The SMILES string of the molecule is Cc1c(/C=C\C=N)c2ccccc2n1-c1cccc(-c2cccc3c2nc(-c2cc(C(C)(C)C)cc4c2[nH]c2ccc(C(C)(C)C)cc24)n3-c2ccc(C(C)(C)C)cc2)c1. The number of hydrogen-bond acceptors (Lipinski definition) is 2. The lowest BCUT2D eigenvalue weighted by atomic mass is 9.84. The number of fused-ring (bicyclic) bond motifs is 5. The smallest absolute Gasteiger partial charge is 0.147 e. The Bertz CT molecular complexity index is 3160. The van der Waals surface area contributed by atoms with Crippen LogP contribution in [0.15, 0.2) is 127 Å². The van der Waals surface area contributed by atoms with E-state index in [1.54, 1.807) is 6.08 Å². The first-order valence-corrected chi connectivity index (χ1v) is 21.1. The molecule has 0 aliphatic carbocycles. The highest BCUT2D eigenvalue weighted by Gasteiger charge is 2.26. The van der Waals surface area contributed by atoms with Crippen LogP contribution in [-0.4, -0.2) is 25.3 Å². The molecule has 0 spiro atoms. The molecular weight excluding hydrogens is 731 g/mol. The number of hydrogen-bond donors (Lipinski definition) is 2. The second kappa shape index (κ2) is 14.1. The van der Waals surface area contributed by atoms with Crippen molar-refractivity contribution in [3.8, 4) is 33.9 Å². The Balaban J connectivity index is 1.32. The summed E-state index contributed by atoms with van der Waals surface area (Å²) in [5.74, 6) is 0.908. The van der Waals surface area contributed by atoms with Gasteiger partial charge in [0.15, 0.2) is 0 Å². The van der Waals surface area contributed by atoms with Gasteiger partial charge in [0.1, 0.15) is 5.82 Å². The fourth-order valence-corrected chi connectivity index (χ4v) is 8.85. The summed E-state index contributed by atoms with van der Waals surface area (Å²) in [5, 5.41) is 11.3. The van der Waals surface area contributed by atoms with Gasteiger partial charge in [-0.05, 0) is 112 Å². The zero-order valence-electron chi connectivity index (χ0n) is 36.6. The van der Waals surface area contributed by atoms with Crippen LogP contribution in [0.2, 0.25) is 0 Å². The monoisotopic (exact) mass is 785 g/mol. The topological polar surface area (TPSA) is 62.4 Å². The number of H-pyrrole nitrogens is 1. The van der Waals surface area contributed by atoms with Crippen molar-refractivity contribution >= 4 is 56.0 Å². The third-order valence-electron chi connectivity index (χ3n) is 12.3. The van der Waals surface area contributed by atoms with Crippen LogP contribution in [0, 0.1) is 12.3 Å². The summed E-state index contributed by atoms with van der Waals surface area (Å²) in [6.45, 7) is 22.7. The molecule has 0 saturated carbocycles. The Morgan fingerprint density at radius 3 is 1.95 bits per heavy atom. The number of aromatic nitrogens is 4. The molecule has 0 unspecified atom stereocenters. The summed E-state index contributed by atoms with van der Waals surface area (Å²) in [6, 6.07) is 44.7. The average Bonchev–Trinajstić information content (AvgIpc) is 3.87. The number of rotatable bonds is 6. The molecule has 9 rings (SSSR count). The van der Waals surface area contributed by atoms with Gasteiger partial charge in [-0.2, -0.15) is 0 Å². The maximum Gasteiger partial charge on any atom is 0.147 e. The summed E-state index contributed by atoms with van der Waals surface area (Å²) in [5.41, 5.74) is 16.9. The number of nitrogens with one attached hydrogen (secondary N) is 2. The van der Waals surface area contributed by atoms with Crippen molar-refractivity contribution in [2.24, 2.45) is 0 Å². The Labute approximate surface area is 353 Å². The van der Waals surface area contributed by atoms with E-state index < -0.39 is 0 Å². The van der Waals surface area contributed by atoms with Gasteiger partial charge in [0, 0.05) is 61.6 Å². The van der Waals surface area contributed by atoms with Crippen LogP contribution in [0.4, 0.5) is 0 Å². The van der Waals surface area contributed by atoms with Crippen molar-refractivity contribution in [2.75, 3.05) is 0 Å². The summed E-state index contributed by atoms with van der Waals surface area (Å²) in [7, 11) is 0. The summed E-state index contributed by atoms with van der Waals surface area (Å²) >= 11 is 0. The molecule has 5 nitrogen and oxygen atoms in total. The van der Waals surface area contributed by atoms with Crippen molar-refractivity contribution in [3.63, 3.8) is 0 Å². The summed E-state index contributed by atoms with van der Waals surface area (Å²) in [4.78, 5) is 9.61. The van der Waals surface area contributed by atoms with E-state index in [0.717, 1.165) is 78.1 Å². The van der Waals surface area contributed by atoms with E-state index in [4.69, 9.17) is 10.4 Å². The highest BCUT2D eigenvalue weighted by atomic mass is 15.1. The second-order valence-electron chi connectivity index (χ2n) is 19.5. The van der Waals surface area contributed by atoms with Crippen molar-refractivity contribution in [1.82, 2.24) is 19.1 Å². The van der Waals surface area contributed by atoms with Gasteiger partial charge in [0.05, 0.1) is 22.1 Å². The van der Waals surface area contributed by atoms with Crippen LogP contribution in [0.3, 0.4) is 0 Å². The number of para-hydroxylation sites is 2. The Morgan fingerprint density at radius 1 is 0.567 bits per heavy atom. The van der Waals surface area contributed by atoms with Gasteiger partial charge in [-0.15, -0.1) is 0 Å². The molecule has 3 aromatic heterocycles. The number of allylic oxidation sites excluding steroid dienone is 1. The van der Waals surface area contributed by atoms with Gasteiger partial charge in [0.25, 0.3) is 0 Å². The number of imidazole rings is 1. The minimum Gasteiger partial charge on any atom is -0.354 e. The van der Waals surface area contributed by atoms with Crippen LogP contribution in [0.1, 0.15) is 90.3 Å². The minimum atomic E-state index is -0.0964. The number of nitrogens with zero attached hydrogens (tertiary/aromatic N) is 3. The minimum absolute atomic E-state index is 0.0244. The van der Waals surface area contributed by atoms with E-state index in [2.05, 4.69) is 205 Å². The molecule has 0 fully saturated rings. The molecular formula is C55H55N5. The highest BCUT2D eigenvalue weighted by molar-refractivity contribution is 6.13. The molecule has 0 amide bonds. The van der Waals surface area contributed by atoms with E-state index in [1.165, 1.54) is 33.7 Å². The molecule has 0 radical (unpaired) electrons. The van der Waals surface area contributed by atoms with Crippen LogP contribution >= 0.6 is 0 Å².